The summed E-state index contributed by atoms with van der Waals surface area (Å²) in [6, 6.07) is 7.72. The van der Waals surface area contributed by atoms with E-state index in [-0.39, 0.29) is 12.0 Å². The van der Waals surface area contributed by atoms with Crippen LogP contribution < -0.4 is 4.74 Å². The summed E-state index contributed by atoms with van der Waals surface area (Å²) in [6.07, 6.45) is 0.137. The maximum Gasteiger partial charge on any atom is 0.264 e. The molecule has 6 heteroatoms. The molecule has 0 radical (unpaired) electrons. The fraction of sp³-hybridized carbons (Fsp3) is 0.474. The molecule has 4 heterocycles. The number of carbonyl (C=O) groups is 1. The normalized spacial score (nSPS) is 25.2. The van der Waals surface area contributed by atoms with Crippen molar-refractivity contribution < 1.29 is 14.3 Å². The van der Waals surface area contributed by atoms with E-state index in [1.54, 1.807) is 0 Å². The lowest BCUT2D eigenvalue weighted by atomic mass is 9.94. The molecule has 0 bridgehead atoms. The van der Waals surface area contributed by atoms with Crippen LogP contribution in [0.2, 0.25) is 0 Å². The number of amides is 1. The van der Waals surface area contributed by atoms with Gasteiger partial charge < -0.3 is 14.4 Å². The standard InChI is InChI=1S/C19H22N2O3S/c1-12-6-15(7-13(2)20-12)23-10-14-11-24-17-9-21(8-16(14)17)19(22)18-4-3-5-25-18/h3-7,14,16-17H,8-11H2,1-2H3/t14-,16+,17+/m0/s1. The summed E-state index contributed by atoms with van der Waals surface area (Å²) >= 11 is 1.49. The lowest BCUT2D eigenvalue weighted by molar-refractivity contribution is 0.0665. The molecule has 2 aromatic heterocycles. The molecule has 0 unspecified atom stereocenters. The number of aryl methyl sites for hydroxylation is 2. The number of ether oxygens (including phenoxy) is 2. The average molecular weight is 358 g/mol. The molecule has 2 aromatic rings. The van der Waals surface area contributed by atoms with E-state index < -0.39 is 0 Å². The number of hydrogen-bond donors (Lipinski definition) is 0. The van der Waals surface area contributed by atoms with Gasteiger partial charge in [0.05, 0.1) is 24.2 Å². The molecule has 2 aliphatic rings. The van der Waals surface area contributed by atoms with Crippen LogP contribution in [0, 0.1) is 25.7 Å². The first-order valence-electron chi connectivity index (χ1n) is 8.62. The van der Waals surface area contributed by atoms with Gasteiger partial charge in [-0.1, -0.05) is 6.07 Å². The molecule has 25 heavy (non-hydrogen) atoms. The minimum absolute atomic E-state index is 0.119. The second-order valence-corrected chi connectivity index (χ2v) is 7.83. The van der Waals surface area contributed by atoms with Gasteiger partial charge in [-0.3, -0.25) is 9.78 Å². The number of pyridine rings is 1. The maximum absolute atomic E-state index is 12.5. The van der Waals surface area contributed by atoms with Crippen LogP contribution in [0.4, 0.5) is 0 Å². The molecule has 3 atom stereocenters. The second-order valence-electron chi connectivity index (χ2n) is 6.88. The fourth-order valence-corrected chi connectivity index (χ4v) is 4.47. The lowest BCUT2D eigenvalue weighted by Crippen LogP contribution is -2.31. The minimum Gasteiger partial charge on any atom is -0.493 e. The van der Waals surface area contributed by atoms with Gasteiger partial charge in [-0.15, -0.1) is 11.3 Å². The topological polar surface area (TPSA) is 51.7 Å². The van der Waals surface area contributed by atoms with Gasteiger partial charge in [0.1, 0.15) is 5.75 Å². The van der Waals surface area contributed by atoms with Crippen LogP contribution >= 0.6 is 11.3 Å². The zero-order valence-corrected chi connectivity index (χ0v) is 15.3. The predicted molar refractivity (Wildman–Crippen MR) is 96.1 cm³/mol. The van der Waals surface area contributed by atoms with Crippen LogP contribution in [0.3, 0.4) is 0 Å². The Morgan fingerprint density at radius 2 is 2.16 bits per heavy atom. The Kier molecular flexibility index (Phi) is 4.48. The van der Waals surface area contributed by atoms with E-state index >= 15 is 0 Å². The van der Waals surface area contributed by atoms with Gasteiger partial charge in [0.25, 0.3) is 5.91 Å². The SMILES string of the molecule is Cc1cc(OC[C@H]2CO[C@@H]3CN(C(=O)c4cccs4)C[C@H]23)cc(C)n1. The van der Waals surface area contributed by atoms with Crippen molar-refractivity contribution in [2.24, 2.45) is 11.8 Å². The van der Waals surface area contributed by atoms with Crippen molar-refractivity contribution in [2.75, 3.05) is 26.3 Å². The summed E-state index contributed by atoms with van der Waals surface area (Å²) in [5, 5.41) is 1.94. The third-order valence-corrected chi connectivity index (χ3v) is 5.84. The van der Waals surface area contributed by atoms with E-state index in [1.165, 1.54) is 11.3 Å². The molecule has 0 aromatic carbocycles. The Bertz CT molecular complexity index is 742. The predicted octanol–water partition coefficient (Wildman–Crippen LogP) is 2.93. The Morgan fingerprint density at radius 3 is 2.88 bits per heavy atom. The quantitative estimate of drug-likeness (QED) is 0.843. The molecule has 0 aliphatic carbocycles. The van der Waals surface area contributed by atoms with Gasteiger partial charge in [-0.2, -0.15) is 0 Å². The Morgan fingerprint density at radius 1 is 1.36 bits per heavy atom. The molecule has 132 valence electrons. The maximum atomic E-state index is 12.5. The first-order chi connectivity index (χ1) is 12.1. The first kappa shape index (κ1) is 16.5. The van der Waals surface area contributed by atoms with E-state index in [4.69, 9.17) is 9.47 Å². The number of thiophene rings is 1. The Balaban J connectivity index is 1.38. The summed E-state index contributed by atoms with van der Waals surface area (Å²) in [5.41, 5.74) is 1.92. The number of rotatable bonds is 4. The van der Waals surface area contributed by atoms with Gasteiger partial charge in [0, 0.05) is 48.4 Å². The highest BCUT2D eigenvalue weighted by Gasteiger charge is 2.45. The van der Waals surface area contributed by atoms with Crippen molar-refractivity contribution in [1.82, 2.24) is 9.88 Å². The fourth-order valence-electron chi connectivity index (χ4n) is 3.78. The lowest BCUT2D eigenvalue weighted by Gasteiger charge is -2.20. The number of aromatic nitrogens is 1. The van der Waals surface area contributed by atoms with Crippen molar-refractivity contribution >= 4 is 17.2 Å². The average Bonchev–Trinajstić information content (AvgIpc) is 3.29. The van der Waals surface area contributed by atoms with E-state index in [9.17, 15) is 4.79 Å². The van der Waals surface area contributed by atoms with E-state index in [1.807, 2.05) is 48.4 Å². The van der Waals surface area contributed by atoms with Crippen LogP contribution in [0.15, 0.2) is 29.6 Å². The van der Waals surface area contributed by atoms with Crippen LogP contribution in [0.25, 0.3) is 0 Å². The molecule has 0 spiro atoms. The van der Waals surface area contributed by atoms with E-state index in [0.29, 0.717) is 31.6 Å². The summed E-state index contributed by atoms with van der Waals surface area (Å²) in [7, 11) is 0. The molecule has 0 saturated carbocycles. The molecular weight excluding hydrogens is 336 g/mol. The van der Waals surface area contributed by atoms with Crippen LogP contribution in [-0.4, -0.2) is 48.2 Å². The van der Waals surface area contributed by atoms with Gasteiger partial charge >= 0.3 is 0 Å². The zero-order valence-electron chi connectivity index (χ0n) is 14.5. The van der Waals surface area contributed by atoms with Gasteiger partial charge in [-0.25, -0.2) is 0 Å². The molecule has 2 saturated heterocycles. The van der Waals surface area contributed by atoms with Crippen molar-refractivity contribution in [1.29, 1.82) is 0 Å². The Hall–Kier alpha value is -1.92. The zero-order chi connectivity index (χ0) is 17.4. The molecule has 2 aliphatic heterocycles. The van der Waals surface area contributed by atoms with Crippen molar-refractivity contribution in [2.45, 2.75) is 20.0 Å². The third-order valence-electron chi connectivity index (χ3n) is 4.98. The van der Waals surface area contributed by atoms with E-state index in [0.717, 1.165) is 28.6 Å². The number of likely N-dealkylation sites (tertiary alicyclic amines) is 1. The second kappa shape index (κ2) is 6.77. The summed E-state index contributed by atoms with van der Waals surface area (Å²) in [6.45, 7) is 6.71. The smallest absolute Gasteiger partial charge is 0.264 e. The molecule has 4 rings (SSSR count). The largest absolute Gasteiger partial charge is 0.493 e. The minimum atomic E-state index is 0.119. The third kappa shape index (κ3) is 3.41. The van der Waals surface area contributed by atoms with Crippen LogP contribution in [-0.2, 0) is 4.74 Å². The summed E-state index contributed by atoms with van der Waals surface area (Å²) < 4.78 is 11.9. The van der Waals surface area contributed by atoms with Gasteiger partial charge in [-0.05, 0) is 25.3 Å². The summed E-state index contributed by atoms with van der Waals surface area (Å²) in [4.78, 5) is 19.6. The first-order valence-corrected chi connectivity index (χ1v) is 9.50. The number of carbonyl (C=O) groups excluding carboxylic acids is 1. The summed E-state index contributed by atoms with van der Waals surface area (Å²) in [5.74, 6) is 1.65. The highest BCUT2D eigenvalue weighted by Crippen LogP contribution is 2.35. The molecular formula is C19H22N2O3S. The number of nitrogens with zero attached hydrogens (tertiary/aromatic N) is 2. The van der Waals surface area contributed by atoms with Crippen molar-refractivity contribution in [3.63, 3.8) is 0 Å². The molecule has 2 fully saturated rings. The highest BCUT2D eigenvalue weighted by atomic mass is 32.1. The Labute approximate surface area is 151 Å². The van der Waals surface area contributed by atoms with Crippen molar-refractivity contribution in [3.05, 3.63) is 45.9 Å². The van der Waals surface area contributed by atoms with Crippen LogP contribution in [0.1, 0.15) is 21.1 Å². The van der Waals surface area contributed by atoms with E-state index in [2.05, 4.69) is 4.98 Å². The number of fused-ring (bicyclic) bond motifs is 1. The number of hydrogen-bond acceptors (Lipinski definition) is 5. The van der Waals surface area contributed by atoms with Gasteiger partial charge in [0.15, 0.2) is 0 Å². The van der Waals surface area contributed by atoms with Gasteiger partial charge in [0.2, 0.25) is 0 Å². The molecule has 0 N–H and O–H groups in total. The molecule has 5 nitrogen and oxygen atoms in total. The monoisotopic (exact) mass is 358 g/mol. The highest BCUT2D eigenvalue weighted by molar-refractivity contribution is 7.12. The van der Waals surface area contributed by atoms with Crippen molar-refractivity contribution in [3.8, 4) is 5.75 Å². The van der Waals surface area contributed by atoms with Crippen LogP contribution in [0.5, 0.6) is 5.75 Å². The molecule has 1 amide bonds.